The molecule has 2 heterocycles. The number of halogens is 1. The number of ether oxygens (including phenoxy) is 2. The number of esters is 1. The fourth-order valence-corrected chi connectivity index (χ4v) is 5.98. The molecule has 1 spiro atoms. The number of hydrogen-bond acceptors (Lipinski definition) is 8. The van der Waals surface area contributed by atoms with Crippen molar-refractivity contribution < 1.29 is 39.2 Å². The first kappa shape index (κ1) is 31.6. The molecule has 1 aromatic carbocycles. The Labute approximate surface area is 229 Å². The van der Waals surface area contributed by atoms with Crippen LogP contribution in [-0.4, -0.2) is 81.6 Å². The molecule has 38 heavy (non-hydrogen) atoms. The maximum Gasteiger partial charge on any atom is 0.333 e. The number of aliphatic hydroxyl groups is 2. The van der Waals surface area contributed by atoms with E-state index in [1.165, 1.54) is 6.92 Å². The quantitative estimate of drug-likeness (QED) is 0.388. The monoisotopic (exact) mass is 554 g/mol. The SMILES string of the molecule is C.Cc1ccc(C)c2c1O[C@H]1C(OC(=O)[C@H](C)NC(=O)C[C@H](O)C(=O)O)=CC[C@@]3(O)[C@@H](C)N(C)CC[C@]213.Cl. The number of nitrogens with zero attached hydrogens (tertiary/aromatic N) is 1. The lowest BCUT2D eigenvalue weighted by Gasteiger charge is -2.58. The molecular formula is C27H39ClN2O8. The van der Waals surface area contributed by atoms with E-state index in [9.17, 15) is 24.6 Å². The first-order valence-electron chi connectivity index (χ1n) is 12.2. The molecule has 0 aromatic heterocycles. The summed E-state index contributed by atoms with van der Waals surface area (Å²) in [6.07, 6.45) is -0.745. The van der Waals surface area contributed by atoms with E-state index in [2.05, 4.69) is 10.2 Å². The van der Waals surface area contributed by atoms with Gasteiger partial charge in [-0.2, -0.15) is 0 Å². The van der Waals surface area contributed by atoms with Gasteiger partial charge in [-0.1, -0.05) is 19.6 Å². The minimum Gasteiger partial charge on any atom is -0.481 e. The lowest BCUT2D eigenvalue weighted by molar-refractivity contribution is -0.163. The fraction of sp³-hybridized carbons (Fsp3) is 0.593. The molecule has 1 aromatic rings. The van der Waals surface area contributed by atoms with E-state index in [1.807, 2.05) is 40.0 Å². The van der Waals surface area contributed by atoms with Gasteiger partial charge in [-0.05, 0) is 64.9 Å². The average Bonchev–Trinajstić information content (AvgIpc) is 3.18. The third-order valence-electron chi connectivity index (χ3n) is 8.16. The van der Waals surface area contributed by atoms with Crippen LogP contribution in [0, 0.1) is 13.8 Å². The molecule has 10 nitrogen and oxygen atoms in total. The normalized spacial score (nSPS) is 29.0. The molecular weight excluding hydrogens is 516 g/mol. The molecule has 1 aliphatic carbocycles. The Hall–Kier alpha value is -2.66. The molecule has 11 heteroatoms. The van der Waals surface area contributed by atoms with Crippen molar-refractivity contribution in [2.75, 3.05) is 13.6 Å². The van der Waals surface area contributed by atoms with Crippen molar-refractivity contribution in [3.05, 3.63) is 40.7 Å². The van der Waals surface area contributed by atoms with Gasteiger partial charge in [-0.3, -0.25) is 4.79 Å². The van der Waals surface area contributed by atoms with Gasteiger partial charge < -0.3 is 35.0 Å². The highest BCUT2D eigenvalue weighted by atomic mass is 35.5. The zero-order chi connectivity index (χ0) is 26.6. The van der Waals surface area contributed by atoms with Crippen molar-refractivity contribution in [1.29, 1.82) is 0 Å². The largest absolute Gasteiger partial charge is 0.481 e. The highest BCUT2D eigenvalue weighted by molar-refractivity contribution is 5.87. The smallest absolute Gasteiger partial charge is 0.333 e. The molecule has 2 aliphatic heterocycles. The number of likely N-dealkylation sites (tertiary alicyclic amines) is 1. The number of hydrogen-bond donors (Lipinski definition) is 4. The van der Waals surface area contributed by atoms with E-state index < -0.39 is 53.5 Å². The minimum atomic E-state index is -1.87. The summed E-state index contributed by atoms with van der Waals surface area (Å²) in [4.78, 5) is 37.9. The second-order valence-corrected chi connectivity index (χ2v) is 10.3. The number of aryl methyl sites for hydroxylation is 2. The van der Waals surface area contributed by atoms with Gasteiger partial charge in [-0.15, -0.1) is 12.4 Å². The van der Waals surface area contributed by atoms with E-state index in [1.54, 1.807) is 6.08 Å². The number of carboxylic acids is 1. The third-order valence-corrected chi connectivity index (χ3v) is 8.16. The van der Waals surface area contributed by atoms with Gasteiger partial charge in [0, 0.05) is 18.0 Å². The number of piperidine rings is 1. The average molecular weight is 555 g/mol. The second-order valence-electron chi connectivity index (χ2n) is 10.3. The van der Waals surface area contributed by atoms with Crippen LogP contribution in [0.25, 0.3) is 0 Å². The Morgan fingerprint density at radius 1 is 1.26 bits per heavy atom. The summed E-state index contributed by atoms with van der Waals surface area (Å²) in [5, 5.41) is 32.8. The standard InChI is InChI=1S/C26H34N2O8.CH4.ClH/c1-13-6-7-14(2)21-20(13)25-10-11-28(5)16(4)26(25,34)9-8-18(22(25)36-21)35-24(33)15(3)27-19(30)12-17(29)23(31)32;;/h6-8,15-17,22,29,34H,9-12H2,1-5H3,(H,27,30)(H,31,32);1H4;1H/t15-,16+,17-,22-,25-,26+;;/m0../s1. The van der Waals surface area contributed by atoms with Crippen LogP contribution in [0.15, 0.2) is 24.0 Å². The Kier molecular flexibility index (Phi) is 9.31. The predicted molar refractivity (Wildman–Crippen MR) is 142 cm³/mol. The van der Waals surface area contributed by atoms with Crippen LogP contribution in [0.2, 0.25) is 0 Å². The highest BCUT2D eigenvalue weighted by Crippen LogP contribution is 2.61. The van der Waals surface area contributed by atoms with Crippen LogP contribution in [-0.2, 0) is 24.5 Å². The van der Waals surface area contributed by atoms with Crippen LogP contribution >= 0.6 is 12.4 Å². The molecule has 0 bridgehead atoms. The van der Waals surface area contributed by atoms with Crippen molar-refractivity contribution in [2.24, 2.45) is 0 Å². The summed E-state index contributed by atoms with van der Waals surface area (Å²) in [5.74, 6) is -2.10. The van der Waals surface area contributed by atoms with Crippen molar-refractivity contribution >= 4 is 30.3 Å². The lowest BCUT2D eigenvalue weighted by atomic mass is 9.54. The number of carbonyl (C=O) groups excluding carboxylic acids is 2. The summed E-state index contributed by atoms with van der Waals surface area (Å²) >= 11 is 0. The number of aliphatic hydroxyl groups excluding tert-OH is 1. The topological polar surface area (TPSA) is 146 Å². The van der Waals surface area contributed by atoms with Crippen molar-refractivity contribution in [3.8, 4) is 5.75 Å². The number of carbonyl (C=O) groups is 3. The van der Waals surface area contributed by atoms with Gasteiger partial charge >= 0.3 is 11.9 Å². The van der Waals surface area contributed by atoms with Crippen molar-refractivity contribution in [1.82, 2.24) is 10.2 Å². The first-order valence-corrected chi connectivity index (χ1v) is 12.2. The van der Waals surface area contributed by atoms with E-state index in [0.717, 1.165) is 23.2 Å². The first-order chi connectivity index (χ1) is 16.8. The van der Waals surface area contributed by atoms with Gasteiger partial charge in [0.1, 0.15) is 17.6 Å². The van der Waals surface area contributed by atoms with E-state index in [0.29, 0.717) is 12.2 Å². The van der Waals surface area contributed by atoms with Gasteiger partial charge in [-0.25, -0.2) is 9.59 Å². The Balaban J connectivity index is 0.00000253. The molecule has 4 rings (SSSR count). The summed E-state index contributed by atoms with van der Waals surface area (Å²) < 4.78 is 12.2. The molecule has 1 saturated heterocycles. The summed E-state index contributed by atoms with van der Waals surface area (Å²) in [6.45, 7) is 8.07. The summed E-state index contributed by atoms with van der Waals surface area (Å²) in [7, 11) is 1.98. The number of amides is 1. The molecule has 0 unspecified atom stereocenters. The molecule has 0 saturated carbocycles. The van der Waals surface area contributed by atoms with Gasteiger partial charge in [0.05, 0.1) is 17.4 Å². The summed E-state index contributed by atoms with van der Waals surface area (Å²) in [6, 6.07) is 2.71. The van der Waals surface area contributed by atoms with Crippen molar-refractivity contribution in [3.63, 3.8) is 0 Å². The maximum absolute atomic E-state index is 12.9. The zero-order valence-electron chi connectivity index (χ0n) is 21.6. The van der Waals surface area contributed by atoms with Gasteiger partial charge in [0.25, 0.3) is 0 Å². The molecule has 4 N–H and O–H groups in total. The lowest BCUT2D eigenvalue weighted by Crippen LogP contribution is -2.71. The zero-order valence-corrected chi connectivity index (χ0v) is 22.4. The number of aliphatic carboxylic acids is 1. The molecule has 1 amide bonds. The van der Waals surface area contributed by atoms with Crippen LogP contribution in [0.5, 0.6) is 5.75 Å². The Morgan fingerprint density at radius 2 is 1.89 bits per heavy atom. The Bertz CT molecular complexity index is 1140. The molecule has 6 atom stereocenters. The van der Waals surface area contributed by atoms with Crippen molar-refractivity contribution in [2.45, 2.75) is 89.7 Å². The number of rotatable bonds is 6. The third kappa shape index (κ3) is 4.79. The van der Waals surface area contributed by atoms with Crippen LogP contribution < -0.4 is 10.1 Å². The summed E-state index contributed by atoms with van der Waals surface area (Å²) in [5.41, 5.74) is 0.875. The number of benzene rings is 1. The van der Waals surface area contributed by atoms with Gasteiger partial charge in [0.2, 0.25) is 5.91 Å². The number of carboxylic acid groups (broad SMARTS) is 1. The van der Waals surface area contributed by atoms with E-state index in [-0.39, 0.29) is 38.1 Å². The number of fused-ring (bicyclic) bond motifs is 1. The molecule has 1 fully saturated rings. The van der Waals surface area contributed by atoms with E-state index >= 15 is 0 Å². The van der Waals surface area contributed by atoms with Crippen LogP contribution in [0.1, 0.15) is 57.2 Å². The molecule has 0 radical (unpaired) electrons. The Morgan fingerprint density at radius 3 is 2.53 bits per heavy atom. The number of likely N-dealkylation sites (N-methyl/N-ethyl adjacent to an activating group) is 1. The second kappa shape index (κ2) is 11.2. The highest BCUT2D eigenvalue weighted by Gasteiger charge is 2.69. The number of nitrogens with one attached hydrogen (secondary N) is 1. The van der Waals surface area contributed by atoms with Gasteiger partial charge in [0.15, 0.2) is 12.2 Å². The molecule has 3 aliphatic rings. The maximum atomic E-state index is 12.9. The van der Waals surface area contributed by atoms with E-state index in [4.69, 9.17) is 14.6 Å². The van der Waals surface area contributed by atoms with Crippen LogP contribution in [0.4, 0.5) is 0 Å². The minimum absolute atomic E-state index is 0. The predicted octanol–water partition coefficient (Wildman–Crippen LogP) is 1.99. The molecule has 212 valence electrons. The van der Waals surface area contributed by atoms with Crippen LogP contribution in [0.3, 0.4) is 0 Å². The fourth-order valence-electron chi connectivity index (χ4n) is 5.98.